The predicted molar refractivity (Wildman–Crippen MR) is 80.7 cm³/mol. The summed E-state index contributed by atoms with van der Waals surface area (Å²) in [6, 6.07) is 6.56. The molecule has 0 amide bonds. The smallest absolute Gasteiger partial charge is 0.229 e. The Labute approximate surface area is 128 Å². The average molecular weight is 309 g/mol. The van der Waals surface area contributed by atoms with Gasteiger partial charge >= 0.3 is 0 Å². The van der Waals surface area contributed by atoms with E-state index in [1.165, 1.54) is 0 Å². The maximum Gasteiger partial charge on any atom is 0.229 e. The first-order chi connectivity index (χ1) is 10.1. The van der Waals surface area contributed by atoms with Crippen molar-refractivity contribution < 1.29 is 18.7 Å². The van der Waals surface area contributed by atoms with Crippen LogP contribution in [0.15, 0.2) is 28.7 Å². The van der Waals surface area contributed by atoms with E-state index >= 15 is 0 Å². The van der Waals surface area contributed by atoms with Gasteiger partial charge in [0, 0.05) is 11.6 Å². The fourth-order valence-corrected chi connectivity index (χ4v) is 2.17. The number of benzene rings is 1. The lowest BCUT2D eigenvalue weighted by Gasteiger charge is -2.13. The van der Waals surface area contributed by atoms with Gasteiger partial charge in [0.2, 0.25) is 5.78 Å². The summed E-state index contributed by atoms with van der Waals surface area (Å²) in [4.78, 5) is 12.4. The zero-order valence-electron chi connectivity index (χ0n) is 12.2. The largest absolute Gasteiger partial charge is 0.490 e. The number of halogens is 1. The van der Waals surface area contributed by atoms with Crippen LogP contribution in [0.25, 0.3) is 0 Å². The number of aryl methyl sites for hydroxylation is 1. The maximum absolute atomic E-state index is 12.4. The fraction of sp³-hybridized carbons (Fsp3) is 0.312. The summed E-state index contributed by atoms with van der Waals surface area (Å²) in [6.07, 6.45) is 0. The Kier molecular flexibility index (Phi) is 4.91. The molecule has 0 radical (unpaired) electrons. The normalized spacial score (nSPS) is 10.5. The van der Waals surface area contributed by atoms with Gasteiger partial charge in [-0.2, -0.15) is 0 Å². The van der Waals surface area contributed by atoms with Gasteiger partial charge < -0.3 is 13.9 Å². The average Bonchev–Trinajstić information content (AvgIpc) is 2.88. The van der Waals surface area contributed by atoms with E-state index in [1.807, 2.05) is 13.8 Å². The zero-order valence-corrected chi connectivity index (χ0v) is 13.0. The SMILES string of the molecule is CCOc1cc(Cl)c(C(=O)c2ccc(C)o2)cc1OCC. The first-order valence-corrected chi connectivity index (χ1v) is 7.14. The van der Waals surface area contributed by atoms with Crippen molar-refractivity contribution >= 4 is 17.4 Å². The molecule has 0 atom stereocenters. The molecular formula is C16H17ClO4. The molecule has 0 spiro atoms. The van der Waals surface area contributed by atoms with Crippen molar-refractivity contribution in [2.24, 2.45) is 0 Å². The van der Waals surface area contributed by atoms with Crippen molar-refractivity contribution in [2.45, 2.75) is 20.8 Å². The monoisotopic (exact) mass is 308 g/mol. The van der Waals surface area contributed by atoms with Crippen molar-refractivity contribution in [1.82, 2.24) is 0 Å². The Hall–Kier alpha value is -1.94. The summed E-state index contributed by atoms with van der Waals surface area (Å²) in [5.74, 6) is 1.66. The van der Waals surface area contributed by atoms with Gasteiger partial charge in [-0.05, 0) is 39.0 Å². The highest BCUT2D eigenvalue weighted by Crippen LogP contribution is 2.34. The van der Waals surface area contributed by atoms with Gasteiger partial charge in [0.05, 0.1) is 18.2 Å². The lowest BCUT2D eigenvalue weighted by atomic mass is 10.1. The second-order valence-electron chi connectivity index (χ2n) is 4.38. The molecule has 4 nitrogen and oxygen atoms in total. The minimum absolute atomic E-state index is 0.251. The topological polar surface area (TPSA) is 48.7 Å². The Balaban J connectivity index is 2.43. The summed E-state index contributed by atoms with van der Waals surface area (Å²) in [5.41, 5.74) is 0.331. The second-order valence-corrected chi connectivity index (χ2v) is 4.79. The van der Waals surface area contributed by atoms with Gasteiger partial charge in [0.15, 0.2) is 17.3 Å². The number of hydrogen-bond donors (Lipinski definition) is 0. The highest BCUT2D eigenvalue weighted by Gasteiger charge is 2.20. The molecule has 2 rings (SSSR count). The lowest BCUT2D eigenvalue weighted by Crippen LogP contribution is -2.04. The number of carbonyl (C=O) groups excluding carboxylic acids is 1. The standard InChI is InChI=1S/C16H17ClO4/c1-4-19-14-8-11(12(17)9-15(14)20-5-2)16(18)13-7-6-10(3)21-13/h6-9H,4-5H2,1-3H3. The number of ether oxygens (including phenoxy) is 2. The Morgan fingerprint density at radius 3 is 2.29 bits per heavy atom. The fourth-order valence-electron chi connectivity index (χ4n) is 1.94. The van der Waals surface area contributed by atoms with Crippen LogP contribution in [-0.2, 0) is 0 Å². The highest BCUT2D eigenvalue weighted by atomic mass is 35.5. The van der Waals surface area contributed by atoms with Crippen LogP contribution >= 0.6 is 11.6 Å². The molecule has 112 valence electrons. The van der Waals surface area contributed by atoms with Gasteiger partial charge in [-0.1, -0.05) is 11.6 Å². The van der Waals surface area contributed by atoms with Crippen LogP contribution in [0.1, 0.15) is 35.7 Å². The number of hydrogen-bond acceptors (Lipinski definition) is 4. The van der Waals surface area contributed by atoms with E-state index in [9.17, 15) is 4.79 Å². The van der Waals surface area contributed by atoms with Gasteiger partial charge in [-0.3, -0.25) is 4.79 Å². The van der Waals surface area contributed by atoms with Crippen LogP contribution in [0.4, 0.5) is 0 Å². The van der Waals surface area contributed by atoms with Crippen molar-refractivity contribution in [2.75, 3.05) is 13.2 Å². The third-order valence-electron chi connectivity index (χ3n) is 2.84. The Morgan fingerprint density at radius 2 is 1.76 bits per heavy atom. The van der Waals surface area contributed by atoms with Crippen molar-refractivity contribution in [3.05, 3.63) is 46.4 Å². The summed E-state index contributed by atoms with van der Waals surface area (Å²) in [5, 5.41) is 0.306. The molecule has 0 aliphatic carbocycles. The highest BCUT2D eigenvalue weighted by molar-refractivity contribution is 6.35. The minimum atomic E-state index is -0.280. The third-order valence-corrected chi connectivity index (χ3v) is 3.15. The minimum Gasteiger partial charge on any atom is -0.490 e. The first-order valence-electron chi connectivity index (χ1n) is 6.77. The molecule has 1 heterocycles. The number of carbonyl (C=O) groups is 1. The van der Waals surface area contributed by atoms with E-state index < -0.39 is 0 Å². The van der Waals surface area contributed by atoms with Gasteiger partial charge in [-0.25, -0.2) is 0 Å². The van der Waals surface area contributed by atoms with Crippen LogP contribution in [0.2, 0.25) is 5.02 Å². The van der Waals surface area contributed by atoms with Gasteiger partial charge in [-0.15, -0.1) is 0 Å². The van der Waals surface area contributed by atoms with Crippen LogP contribution < -0.4 is 9.47 Å². The van der Waals surface area contributed by atoms with Gasteiger partial charge in [0.25, 0.3) is 0 Å². The van der Waals surface area contributed by atoms with E-state index in [-0.39, 0.29) is 11.5 Å². The molecule has 0 unspecified atom stereocenters. The van der Waals surface area contributed by atoms with E-state index in [0.717, 1.165) is 0 Å². The first kappa shape index (κ1) is 15.4. The van der Waals surface area contributed by atoms with Crippen molar-refractivity contribution in [1.29, 1.82) is 0 Å². The Bertz CT molecular complexity index is 646. The quantitative estimate of drug-likeness (QED) is 0.748. The van der Waals surface area contributed by atoms with Gasteiger partial charge in [0.1, 0.15) is 5.76 Å². The molecule has 1 aromatic heterocycles. The Morgan fingerprint density at radius 1 is 1.14 bits per heavy atom. The molecule has 0 N–H and O–H groups in total. The molecule has 1 aromatic carbocycles. The van der Waals surface area contributed by atoms with Crippen LogP contribution in [0, 0.1) is 6.92 Å². The van der Waals surface area contributed by atoms with Crippen molar-refractivity contribution in [3.63, 3.8) is 0 Å². The molecule has 0 aliphatic rings. The molecule has 0 saturated carbocycles. The summed E-state index contributed by atoms with van der Waals surface area (Å²) >= 11 is 6.19. The lowest BCUT2D eigenvalue weighted by molar-refractivity contribution is 0.101. The summed E-state index contributed by atoms with van der Waals surface area (Å²) < 4.78 is 16.3. The molecule has 2 aromatic rings. The summed E-state index contributed by atoms with van der Waals surface area (Å²) in [6.45, 7) is 6.47. The third kappa shape index (κ3) is 3.39. The van der Waals surface area contributed by atoms with E-state index in [1.54, 1.807) is 31.2 Å². The summed E-state index contributed by atoms with van der Waals surface area (Å²) in [7, 11) is 0. The molecule has 0 saturated heterocycles. The molecular weight excluding hydrogens is 292 g/mol. The molecule has 5 heteroatoms. The second kappa shape index (κ2) is 6.68. The van der Waals surface area contributed by atoms with E-state index in [0.29, 0.717) is 41.1 Å². The predicted octanol–water partition coefficient (Wildman–Crippen LogP) is 4.27. The van der Waals surface area contributed by atoms with Crippen LogP contribution in [-0.4, -0.2) is 19.0 Å². The molecule has 0 bridgehead atoms. The maximum atomic E-state index is 12.4. The molecule has 0 fully saturated rings. The zero-order chi connectivity index (χ0) is 15.4. The number of ketones is 1. The van der Waals surface area contributed by atoms with E-state index in [4.69, 9.17) is 25.5 Å². The van der Waals surface area contributed by atoms with Crippen LogP contribution in [0.3, 0.4) is 0 Å². The molecule has 21 heavy (non-hydrogen) atoms. The number of furan rings is 1. The number of rotatable bonds is 6. The van der Waals surface area contributed by atoms with E-state index in [2.05, 4.69) is 0 Å². The van der Waals surface area contributed by atoms with Crippen molar-refractivity contribution in [3.8, 4) is 11.5 Å². The van der Waals surface area contributed by atoms with Crippen LogP contribution in [0.5, 0.6) is 11.5 Å². The molecule has 0 aliphatic heterocycles.